The first-order chi connectivity index (χ1) is 21.9. The molecule has 45 heavy (non-hydrogen) atoms. The number of benzene rings is 3. The molecule has 0 saturated heterocycles. The molecule has 0 radical (unpaired) electrons. The minimum absolute atomic E-state index is 0.0683. The molecule has 5 aromatic rings. The number of nitrogens with one attached hydrogen (secondary N) is 1. The summed E-state index contributed by atoms with van der Waals surface area (Å²) in [5.41, 5.74) is 2.56. The lowest BCUT2D eigenvalue weighted by Crippen LogP contribution is -2.10. The highest BCUT2D eigenvalue weighted by Gasteiger charge is 2.25. The van der Waals surface area contributed by atoms with Gasteiger partial charge >= 0.3 is 5.97 Å². The first kappa shape index (κ1) is 30.7. The Morgan fingerprint density at radius 3 is 2.02 bits per heavy atom. The number of aromatic nitrogens is 2. The summed E-state index contributed by atoms with van der Waals surface area (Å²) in [7, 11) is 9.02. The standard InChI is InChI=1S/C34H33N3O8/c1-39-24-15-22(16-25(17-24)40-2)36-33-27-18-23(45-19-21-9-7-8-12-35-21)10-11-26(27)30(31(37-33)34(38)44-6)20-13-28(41-3)32(43-5)29(14-20)42-4/h7-18H,19H2,1-6H3,(H,36,37). The smallest absolute Gasteiger partial charge is 0.357 e. The van der Waals surface area contributed by atoms with Gasteiger partial charge in [-0.05, 0) is 53.4 Å². The van der Waals surface area contributed by atoms with E-state index in [1.54, 1.807) is 50.7 Å². The number of rotatable bonds is 12. The molecule has 0 amide bonds. The van der Waals surface area contributed by atoms with E-state index in [1.165, 1.54) is 28.4 Å². The Morgan fingerprint density at radius 1 is 0.733 bits per heavy atom. The molecule has 2 heterocycles. The third-order valence-electron chi connectivity index (χ3n) is 7.04. The van der Waals surface area contributed by atoms with Crippen LogP contribution in [-0.2, 0) is 11.3 Å². The van der Waals surface area contributed by atoms with Crippen LogP contribution in [-0.4, -0.2) is 58.6 Å². The minimum atomic E-state index is -0.637. The fourth-order valence-corrected chi connectivity index (χ4v) is 4.90. The van der Waals surface area contributed by atoms with E-state index < -0.39 is 5.97 Å². The number of methoxy groups -OCH3 is 6. The summed E-state index contributed by atoms with van der Waals surface area (Å²) < 4.78 is 39.0. The molecule has 0 fully saturated rings. The topological polar surface area (TPSA) is 119 Å². The average molecular weight is 612 g/mol. The molecule has 3 aromatic carbocycles. The molecule has 0 aliphatic carbocycles. The molecule has 2 aromatic heterocycles. The van der Waals surface area contributed by atoms with Crippen LogP contribution in [0.15, 0.2) is 72.9 Å². The molecule has 11 heteroatoms. The maximum atomic E-state index is 13.3. The Bertz CT molecular complexity index is 1780. The Labute approximate surface area is 260 Å². The number of hydrogen-bond donors (Lipinski definition) is 1. The van der Waals surface area contributed by atoms with Crippen molar-refractivity contribution in [2.45, 2.75) is 6.61 Å². The number of fused-ring (bicyclic) bond motifs is 1. The average Bonchev–Trinajstić information content (AvgIpc) is 3.09. The molecule has 232 valence electrons. The van der Waals surface area contributed by atoms with Crippen LogP contribution in [0.25, 0.3) is 21.9 Å². The van der Waals surface area contributed by atoms with E-state index in [0.717, 1.165) is 5.69 Å². The minimum Gasteiger partial charge on any atom is -0.497 e. The molecule has 0 aliphatic rings. The van der Waals surface area contributed by atoms with Gasteiger partial charge < -0.3 is 38.5 Å². The predicted octanol–water partition coefficient (Wildman–Crippen LogP) is 6.45. The fourth-order valence-electron chi connectivity index (χ4n) is 4.90. The summed E-state index contributed by atoms with van der Waals surface area (Å²) >= 11 is 0. The predicted molar refractivity (Wildman–Crippen MR) is 170 cm³/mol. The zero-order chi connectivity index (χ0) is 31.9. The van der Waals surface area contributed by atoms with Crippen molar-refractivity contribution in [2.24, 2.45) is 0 Å². The molecule has 0 unspecified atom stereocenters. The Balaban J connectivity index is 1.76. The summed E-state index contributed by atoms with van der Waals surface area (Å²) in [6.07, 6.45) is 1.71. The molecule has 0 aliphatic heterocycles. The highest BCUT2D eigenvalue weighted by Crippen LogP contribution is 2.45. The molecule has 0 spiro atoms. The van der Waals surface area contributed by atoms with Crippen molar-refractivity contribution in [3.05, 3.63) is 84.3 Å². The molecular formula is C34H33N3O8. The summed E-state index contributed by atoms with van der Waals surface area (Å²) in [6, 6.07) is 20.0. The summed E-state index contributed by atoms with van der Waals surface area (Å²) in [6.45, 7) is 0.260. The molecule has 11 nitrogen and oxygen atoms in total. The van der Waals surface area contributed by atoms with Crippen LogP contribution < -0.4 is 33.7 Å². The normalized spacial score (nSPS) is 10.6. The second-order valence-corrected chi connectivity index (χ2v) is 9.63. The quantitative estimate of drug-likeness (QED) is 0.157. The van der Waals surface area contributed by atoms with Crippen LogP contribution in [0, 0.1) is 0 Å². The number of esters is 1. The van der Waals surface area contributed by atoms with E-state index in [-0.39, 0.29) is 12.3 Å². The SMILES string of the molecule is COC(=O)c1nc(Nc2cc(OC)cc(OC)c2)c2cc(OCc3ccccn3)ccc2c1-c1cc(OC)c(OC)c(OC)c1. The summed E-state index contributed by atoms with van der Waals surface area (Å²) in [4.78, 5) is 22.5. The third kappa shape index (κ3) is 6.47. The van der Waals surface area contributed by atoms with Crippen molar-refractivity contribution in [2.75, 3.05) is 48.0 Å². The van der Waals surface area contributed by atoms with Gasteiger partial charge in [-0.25, -0.2) is 9.78 Å². The molecule has 1 N–H and O–H groups in total. The van der Waals surface area contributed by atoms with E-state index in [9.17, 15) is 4.79 Å². The Kier molecular flexibility index (Phi) is 9.37. The molecule has 0 saturated carbocycles. The highest BCUT2D eigenvalue weighted by molar-refractivity contribution is 6.11. The van der Waals surface area contributed by atoms with Gasteiger partial charge in [-0.15, -0.1) is 0 Å². The summed E-state index contributed by atoms with van der Waals surface area (Å²) in [5.74, 6) is 2.70. The zero-order valence-corrected chi connectivity index (χ0v) is 25.8. The maximum Gasteiger partial charge on any atom is 0.357 e. The molecule has 5 rings (SSSR count). The van der Waals surface area contributed by atoms with Crippen molar-refractivity contribution < 1.29 is 38.0 Å². The second-order valence-electron chi connectivity index (χ2n) is 9.63. The third-order valence-corrected chi connectivity index (χ3v) is 7.04. The van der Waals surface area contributed by atoms with Gasteiger partial charge in [0.2, 0.25) is 5.75 Å². The van der Waals surface area contributed by atoms with Crippen LogP contribution in [0.3, 0.4) is 0 Å². The largest absolute Gasteiger partial charge is 0.497 e. The number of anilines is 2. The lowest BCUT2D eigenvalue weighted by atomic mass is 9.95. The van der Waals surface area contributed by atoms with Crippen LogP contribution in [0.4, 0.5) is 11.5 Å². The first-order valence-electron chi connectivity index (χ1n) is 13.8. The van der Waals surface area contributed by atoms with Gasteiger partial charge in [0.25, 0.3) is 0 Å². The summed E-state index contributed by atoms with van der Waals surface area (Å²) in [5, 5.41) is 4.68. The van der Waals surface area contributed by atoms with Gasteiger partial charge in [0.15, 0.2) is 17.2 Å². The van der Waals surface area contributed by atoms with E-state index in [4.69, 9.17) is 38.1 Å². The number of carbonyl (C=O) groups excluding carboxylic acids is 1. The van der Waals surface area contributed by atoms with Crippen LogP contribution >= 0.6 is 0 Å². The molecular weight excluding hydrogens is 578 g/mol. The van der Waals surface area contributed by atoms with Crippen molar-refractivity contribution in [3.8, 4) is 45.6 Å². The zero-order valence-electron chi connectivity index (χ0n) is 25.8. The Hall–Kier alpha value is -5.71. The van der Waals surface area contributed by atoms with Gasteiger partial charge in [0, 0.05) is 41.0 Å². The van der Waals surface area contributed by atoms with Crippen LogP contribution in [0.5, 0.6) is 34.5 Å². The number of hydrogen-bond acceptors (Lipinski definition) is 11. The number of carbonyl (C=O) groups is 1. The molecule has 0 atom stereocenters. The number of ether oxygens (including phenoxy) is 7. The molecule has 0 bridgehead atoms. The van der Waals surface area contributed by atoms with E-state index in [1.807, 2.05) is 36.4 Å². The number of pyridine rings is 2. The van der Waals surface area contributed by atoms with E-state index in [0.29, 0.717) is 67.9 Å². The second kappa shape index (κ2) is 13.7. The van der Waals surface area contributed by atoms with Gasteiger partial charge in [-0.1, -0.05) is 6.07 Å². The van der Waals surface area contributed by atoms with Gasteiger partial charge in [-0.3, -0.25) is 4.98 Å². The fraction of sp³-hybridized carbons (Fsp3) is 0.206. The monoisotopic (exact) mass is 611 g/mol. The number of nitrogens with zero attached hydrogens (tertiary/aromatic N) is 2. The van der Waals surface area contributed by atoms with Crippen molar-refractivity contribution in [1.82, 2.24) is 9.97 Å². The highest BCUT2D eigenvalue weighted by atomic mass is 16.5. The van der Waals surface area contributed by atoms with Gasteiger partial charge in [0.05, 0.1) is 48.4 Å². The van der Waals surface area contributed by atoms with E-state index >= 15 is 0 Å². The van der Waals surface area contributed by atoms with Gasteiger partial charge in [-0.2, -0.15) is 0 Å². The van der Waals surface area contributed by atoms with E-state index in [2.05, 4.69) is 10.3 Å². The van der Waals surface area contributed by atoms with Crippen LogP contribution in [0.1, 0.15) is 16.2 Å². The van der Waals surface area contributed by atoms with Crippen molar-refractivity contribution in [3.63, 3.8) is 0 Å². The van der Waals surface area contributed by atoms with Crippen molar-refractivity contribution in [1.29, 1.82) is 0 Å². The van der Waals surface area contributed by atoms with Crippen molar-refractivity contribution >= 4 is 28.2 Å². The van der Waals surface area contributed by atoms with Gasteiger partial charge in [0.1, 0.15) is 29.7 Å². The lowest BCUT2D eigenvalue weighted by Gasteiger charge is -2.19. The Morgan fingerprint density at radius 2 is 1.44 bits per heavy atom. The maximum absolute atomic E-state index is 13.3. The first-order valence-corrected chi connectivity index (χ1v) is 13.8. The lowest BCUT2D eigenvalue weighted by molar-refractivity contribution is 0.0595. The van der Waals surface area contributed by atoms with Crippen LogP contribution in [0.2, 0.25) is 0 Å².